The van der Waals surface area contributed by atoms with Crippen molar-refractivity contribution < 1.29 is 0 Å². The SMILES string of the molecule is NCCNc1ncc2c(n1)C1CCC2C1. The Labute approximate surface area is 89.3 Å². The van der Waals surface area contributed by atoms with E-state index in [1.165, 1.54) is 30.5 Å². The molecular formula is C11H16N4. The maximum absolute atomic E-state index is 5.43. The number of hydrogen-bond donors (Lipinski definition) is 2. The van der Waals surface area contributed by atoms with Crippen molar-refractivity contribution in [2.75, 3.05) is 18.4 Å². The van der Waals surface area contributed by atoms with Crippen LogP contribution in [0.15, 0.2) is 6.20 Å². The maximum atomic E-state index is 5.43. The highest BCUT2D eigenvalue weighted by atomic mass is 15.1. The first-order chi connectivity index (χ1) is 7.38. The van der Waals surface area contributed by atoms with E-state index in [1.54, 1.807) is 0 Å². The average Bonchev–Trinajstić information content (AvgIpc) is 2.87. The Bertz CT molecular complexity index is 377. The molecule has 2 unspecified atom stereocenters. The van der Waals surface area contributed by atoms with Gasteiger partial charge in [-0.3, -0.25) is 0 Å². The molecule has 0 aliphatic heterocycles. The van der Waals surface area contributed by atoms with E-state index in [-0.39, 0.29) is 0 Å². The number of nitrogens with one attached hydrogen (secondary N) is 1. The van der Waals surface area contributed by atoms with Crippen LogP contribution in [-0.4, -0.2) is 23.1 Å². The van der Waals surface area contributed by atoms with Crippen molar-refractivity contribution in [2.45, 2.75) is 31.1 Å². The van der Waals surface area contributed by atoms with E-state index in [1.807, 2.05) is 6.20 Å². The van der Waals surface area contributed by atoms with Gasteiger partial charge in [-0.2, -0.15) is 0 Å². The molecule has 1 aromatic heterocycles. The third kappa shape index (κ3) is 1.40. The van der Waals surface area contributed by atoms with Crippen molar-refractivity contribution >= 4 is 5.95 Å². The van der Waals surface area contributed by atoms with Crippen LogP contribution in [0.2, 0.25) is 0 Å². The van der Waals surface area contributed by atoms with Crippen LogP contribution in [0, 0.1) is 0 Å². The Morgan fingerprint density at radius 2 is 2.27 bits per heavy atom. The molecule has 1 heterocycles. The molecule has 0 radical (unpaired) electrons. The number of fused-ring (bicyclic) bond motifs is 5. The number of anilines is 1. The lowest BCUT2D eigenvalue weighted by Crippen LogP contribution is -2.16. The number of nitrogens with two attached hydrogens (primary N) is 1. The molecule has 3 N–H and O–H groups in total. The van der Waals surface area contributed by atoms with Gasteiger partial charge in [0.25, 0.3) is 0 Å². The summed E-state index contributed by atoms with van der Waals surface area (Å²) in [6.45, 7) is 1.36. The normalized spacial score (nSPS) is 26.7. The minimum Gasteiger partial charge on any atom is -0.353 e. The van der Waals surface area contributed by atoms with E-state index >= 15 is 0 Å². The fourth-order valence-electron chi connectivity index (χ4n) is 2.83. The first kappa shape index (κ1) is 9.09. The highest BCUT2D eigenvalue weighted by molar-refractivity contribution is 5.39. The van der Waals surface area contributed by atoms with Crippen LogP contribution >= 0.6 is 0 Å². The summed E-state index contributed by atoms with van der Waals surface area (Å²) in [5.74, 6) is 2.19. The summed E-state index contributed by atoms with van der Waals surface area (Å²) >= 11 is 0. The molecule has 3 rings (SSSR count). The average molecular weight is 204 g/mol. The zero-order valence-corrected chi connectivity index (χ0v) is 8.74. The smallest absolute Gasteiger partial charge is 0.222 e. The minimum absolute atomic E-state index is 0.618. The van der Waals surface area contributed by atoms with E-state index in [9.17, 15) is 0 Å². The quantitative estimate of drug-likeness (QED) is 0.776. The fraction of sp³-hybridized carbons (Fsp3) is 0.636. The van der Waals surface area contributed by atoms with Crippen LogP contribution in [0.25, 0.3) is 0 Å². The molecule has 80 valence electrons. The van der Waals surface area contributed by atoms with Crippen LogP contribution in [0.4, 0.5) is 5.95 Å². The van der Waals surface area contributed by atoms with E-state index in [4.69, 9.17) is 5.73 Å². The van der Waals surface area contributed by atoms with Crippen molar-refractivity contribution in [3.63, 3.8) is 0 Å². The highest BCUT2D eigenvalue weighted by Gasteiger charge is 2.38. The minimum atomic E-state index is 0.618. The van der Waals surface area contributed by atoms with Crippen LogP contribution in [0.3, 0.4) is 0 Å². The number of nitrogens with zero attached hydrogens (tertiary/aromatic N) is 2. The van der Waals surface area contributed by atoms with Gasteiger partial charge in [-0.1, -0.05) is 0 Å². The molecule has 4 nitrogen and oxygen atoms in total. The highest BCUT2D eigenvalue weighted by Crippen LogP contribution is 2.51. The molecule has 2 bridgehead atoms. The first-order valence-electron chi connectivity index (χ1n) is 5.69. The third-order valence-electron chi connectivity index (χ3n) is 3.53. The lowest BCUT2D eigenvalue weighted by atomic mass is 9.98. The second-order valence-corrected chi connectivity index (χ2v) is 4.46. The third-order valence-corrected chi connectivity index (χ3v) is 3.53. The van der Waals surface area contributed by atoms with Crippen LogP contribution in [0.1, 0.15) is 42.4 Å². The Morgan fingerprint density at radius 3 is 3.13 bits per heavy atom. The standard InChI is InChI=1S/C11H16N4/c12-3-4-13-11-14-6-9-7-1-2-8(5-7)10(9)15-11/h6-8H,1-5,12H2,(H,13,14,15). The molecule has 0 amide bonds. The molecule has 0 spiro atoms. The van der Waals surface area contributed by atoms with Gasteiger partial charge in [0.2, 0.25) is 5.95 Å². The van der Waals surface area contributed by atoms with E-state index in [2.05, 4.69) is 15.3 Å². The van der Waals surface area contributed by atoms with Gasteiger partial charge >= 0.3 is 0 Å². The molecule has 1 saturated carbocycles. The largest absolute Gasteiger partial charge is 0.353 e. The van der Waals surface area contributed by atoms with Gasteiger partial charge in [-0.05, 0) is 30.7 Å². The summed E-state index contributed by atoms with van der Waals surface area (Å²) in [5.41, 5.74) is 8.12. The van der Waals surface area contributed by atoms with Crippen LogP contribution < -0.4 is 11.1 Å². The summed E-state index contributed by atoms with van der Waals surface area (Å²) in [4.78, 5) is 8.92. The van der Waals surface area contributed by atoms with Crippen molar-refractivity contribution in [3.8, 4) is 0 Å². The first-order valence-corrected chi connectivity index (χ1v) is 5.69. The molecule has 2 aliphatic rings. The lowest BCUT2D eigenvalue weighted by molar-refractivity contribution is 0.692. The molecule has 15 heavy (non-hydrogen) atoms. The molecule has 2 atom stereocenters. The van der Waals surface area contributed by atoms with Crippen molar-refractivity contribution in [3.05, 3.63) is 17.5 Å². The van der Waals surface area contributed by atoms with Crippen molar-refractivity contribution in [1.82, 2.24) is 9.97 Å². The van der Waals surface area contributed by atoms with E-state index in [0.29, 0.717) is 12.5 Å². The van der Waals surface area contributed by atoms with Crippen LogP contribution in [-0.2, 0) is 0 Å². The summed E-state index contributed by atoms with van der Waals surface area (Å²) in [7, 11) is 0. The molecular weight excluding hydrogens is 188 g/mol. The second kappa shape index (κ2) is 3.45. The van der Waals surface area contributed by atoms with Gasteiger partial charge in [0.1, 0.15) is 0 Å². The van der Waals surface area contributed by atoms with Gasteiger partial charge in [0, 0.05) is 25.2 Å². The predicted molar refractivity (Wildman–Crippen MR) is 58.9 cm³/mol. The Balaban J connectivity index is 1.87. The second-order valence-electron chi connectivity index (χ2n) is 4.46. The topological polar surface area (TPSA) is 63.8 Å². The number of rotatable bonds is 3. The van der Waals surface area contributed by atoms with Crippen LogP contribution in [0.5, 0.6) is 0 Å². The molecule has 0 saturated heterocycles. The van der Waals surface area contributed by atoms with Crippen molar-refractivity contribution in [1.29, 1.82) is 0 Å². The van der Waals surface area contributed by atoms with E-state index in [0.717, 1.165) is 18.4 Å². The maximum Gasteiger partial charge on any atom is 0.222 e. The monoisotopic (exact) mass is 204 g/mol. The molecule has 2 aliphatic carbocycles. The molecule has 4 heteroatoms. The van der Waals surface area contributed by atoms with Gasteiger partial charge in [0.05, 0.1) is 5.69 Å². The predicted octanol–water partition coefficient (Wildman–Crippen LogP) is 1.21. The summed E-state index contributed by atoms with van der Waals surface area (Å²) < 4.78 is 0. The van der Waals surface area contributed by atoms with Gasteiger partial charge in [0.15, 0.2) is 0 Å². The zero-order chi connectivity index (χ0) is 10.3. The van der Waals surface area contributed by atoms with Gasteiger partial charge < -0.3 is 11.1 Å². The summed E-state index contributed by atoms with van der Waals surface area (Å²) in [6, 6.07) is 0. The summed E-state index contributed by atoms with van der Waals surface area (Å²) in [5, 5.41) is 3.14. The van der Waals surface area contributed by atoms with Crippen molar-refractivity contribution in [2.24, 2.45) is 5.73 Å². The fourth-order valence-corrected chi connectivity index (χ4v) is 2.83. The number of aromatic nitrogens is 2. The Hall–Kier alpha value is -1.16. The Morgan fingerprint density at radius 1 is 1.40 bits per heavy atom. The molecule has 1 fully saturated rings. The summed E-state index contributed by atoms with van der Waals surface area (Å²) in [6.07, 6.45) is 5.94. The zero-order valence-electron chi connectivity index (χ0n) is 8.74. The lowest BCUT2D eigenvalue weighted by Gasteiger charge is -2.14. The number of hydrogen-bond acceptors (Lipinski definition) is 4. The van der Waals surface area contributed by atoms with Gasteiger partial charge in [-0.15, -0.1) is 0 Å². The van der Waals surface area contributed by atoms with Gasteiger partial charge in [-0.25, -0.2) is 9.97 Å². The molecule has 0 aromatic carbocycles. The molecule has 1 aromatic rings. The van der Waals surface area contributed by atoms with E-state index < -0.39 is 0 Å². The Kier molecular flexibility index (Phi) is 2.09.